The summed E-state index contributed by atoms with van der Waals surface area (Å²) in [5, 5.41) is 0. The highest BCUT2D eigenvalue weighted by Crippen LogP contribution is 2.41. The third kappa shape index (κ3) is 16.2. The summed E-state index contributed by atoms with van der Waals surface area (Å²) >= 11 is 0. The number of hydrogen-bond acceptors (Lipinski definition) is 1. The van der Waals surface area contributed by atoms with Gasteiger partial charge in [0.25, 0.3) is 0 Å². The fourth-order valence-electron chi connectivity index (χ4n) is 1.36. The van der Waals surface area contributed by atoms with Crippen molar-refractivity contribution in [3.05, 3.63) is 12.3 Å². The maximum atomic E-state index is 5.37. The van der Waals surface area contributed by atoms with Crippen molar-refractivity contribution >= 4 is 24.8 Å². The van der Waals surface area contributed by atoms with E-state index in [1.807, 2.05) is 6.26 Å². The van der Waals surface area contributed by atoms with E-state index in [2.05, 4.69) is 52.8 Å². The van der Waals surface area contributed by atoms with Crippen molar-refractivity contribution in [2.75, 3.05) is 6.66 Å². The lowest BCUT2D eigenvalue weighted by atomic mass is 10.1. The lowest BCUT2D eigenvalue weighted by Crippen LogP contribution is -2.16. The van der Waals surface area contributed by atoms with Crippen molar-refractivity contribution in [3.63, 3.8) is 0 Å². The highest BCUT2D eigenvalue weighted by atomic mass is 32.0. The summed E-state index contributed by atoms with van der Waals surface area (Å²) in [7, 11) is 1.21. The van der Waals surface area contributed by atoms with Gasteiger partial charge in [0.1, 0.15) is 8.07 Å². The van der Waals surface area contributed by atoms with Gasteiger partial charge in [-0.25, -0.2) is 0 Å². The second-order valence-electron chi connectivity index (χ2n) is 5.53. The van der Waals surface area contributed by atoms with Crippen LogP contribution in [-0.2, 0) is 4.52 Å². The Morgan fingerprint density at radius 3 is 2.44 bits per heavy atom. The zero-order valence-electron chi connectivity index (χ0n) is 12.3. The smallest absolute Gasteiger partial charge is 0.129 e. The topological polar surface area (TPSA) is 9.23 Å². The summed E-state index contributed by atoms with van der Waals surface area (Å²) in [6.45, 7) is 8.97. The summed E-state index contributed by atoms with van der Waals surface area (Å²) in [6, 6.07) is 0. The van der Waals surface area contributed by atoms with Gasteiger partial charge < -0.3 is 4.52 Å². The molecule has 0 heterocycles. The van der Waals surface area contributed by atoms with Crippen LogP contribution >= 0.6 is 16.8 Å². The highest BCUT2D eigenvalue weighted by molar-refractivity contribution is 8.10. The number of unbranched alkanes of at least 4 members (excludes halogenated alkanes) is 5. The van der Waals surface area contributed by atoms with Crippen LogP contribution in [0.5, 0.6) is 0 Å². The molecule has 0 aromatic rings. The van der Waals surface area contributed by atoms with Gasteiger partial charge in [-0.1, -0.05) is 41.4 Å². The van der Waals surface area contributed by atoms with Gasteiger partial charge in [0, 0.05) is 6.42 Å². The van der Waals surface area contributed by atoms with Crippen LogP contribution in [0.2, 0.25) is 19.6 Å². The van der Waals surface area contributed by atoms with Crippen LogP contribution in [0, 0.1) is 11.5 Å². The molecule has 0 N–H and O–H groups in total. The molecule has 0 aliphatic carbocycles. The second kappa shape index (κ2) is 11.0. The van der Waals surface area contributed by atoms with Gasteiger partial charge in [0.15, 0.2) is 0 Å². The first-order chi connectivity index (χ1) is 8.42. The Bertz CT molecular complexity index is 284. The first-order valence-electron chi connectivity index (χ1n) is 6.72. The third-order valence-electron chi connectivity index (χ3n) is 2.21. The van der Waals surface area contributed by atoms with Gasteiger partial charge in [-0.15, -0.1) is 11.5 Å². The standard InChI is InChI=1S/C14H28OP2Si/c1-17(16)15-13-11-9-7-5-6-8-10-12-14-18(2,3)4/h11,13H,5-10,16H2,1-4H3/b13-11-. The minimum atomic E-state index is -1.14. The van der Waals surface area contributed by atoms with E-state index < -0.39 is 8.07 Å². The first-order valence-corrected chi connectivity index (χ1v) is 13.5. The summed E-state index contributed by atoms with van der Waals surface area (Å²) in [5.41, 5.74) is 3.41. The zero-order chi connectivity index (χ0) is 13.9. The molecule has 0 rings (SSSR count). The van der Waals surface area contributed by atoms with E-state index in [9.17, 15) is 0 Å². The van der Waals surface area contributed by atoms with E-state index in [1.54, 1.807) is 0 Å². The van der Waals surface area contributed by atoms with Crippen LogP contribution in [-0.4, -0.2) is 14.7 Å². The SMILES string of the molecule is CP(P)O/C=C\CCCCCCC#C[Si](C)(C)C. The predicted molar refractivity (Wildman–Crippen MR) is 91.6 cm³/mol. The number of hydrogen-bond donors (Lipinski definition) is 0. The lowest BCUT2D eigenvalue weighted by Gasteiger charge is -2.03. The summed E-state index contributed by atoms with van der Waals surface area (Å²) in [6.07, 6.45) is 11.3. The minimum absolute atomic E-state index is 0.327. The molecule has 0 saturated heterocycles. The predicted octanol–water partition coefficient (Wildman–Crippen LogP) is 5.55. The van der Waals surface area contributed by atoms with Crippen molar-refractivity contribution < 1.29 is 4.52 Å². The van der Waals surface area contributed by atoms with Crippen LogP contribution in [0.4, 0.5) is 0 Å². The fraction of sp³-hybridized carbons (Fsp3) is 0.714. The molecule has 0 bridgehead atoms. The van der Waals surface area contributed by atoms with E-state index in [4.69, 9.17) is 4.52 Å². The molecule has 2 atom stereocenters. The Kier molecular flexibility index (Phi) is 11.1. The van der Waals surface area contributed by atoms with Gasteiger partial charge in [0.05, 0.1) is 14.1 Å². The fourth-order valence-corrected chi connectivity index (χ4v) is 2.51. The van der Waals surface area contributed by atoms with E-state index in [1.165, 1.54) is 25.7 Å². The summed E-state index contributed by atoms with van der Waals surface area (Å²) in [4.78, 5) is 0. The van der Waals surface area contributed by atoms with Gasteiger partial charge in [-0.05, 0) is 32.0 Å². The maximum absolute atomic E-state index is 5.37. The van der Waals surface area contributed by atoms with Crippen LogP contribution in [0.1, 0.15) is 38.5 Å². The number of allylic oxidation sites excluding steroid dienone is 1. The Hall–Kier alpha value is 0.177. The van der Waals surface area contributed by atoms with Crippen molar-refractivity contribution in [1.82, 2.24) is 0 Å². The molecule has 0 fully saturated rings. The van der Waals surface area contributed by atoms with Crippen LogP contribution in [0.15, 0.2) is 12.3 Å². The van der Waals surface area contributed by atoms with Crippen LogP contribution in [0.25, 0.3) is 0 Å². The molecule has 0 amide bonds. The molecule has 0 aliphatic heterocycles. The summed E-state index contributed by atoms with van der Waals surface area (Å²) < 4.78 is 5.37. The molecule has 1 nitrogen and oxygen atoms in total. The molecule has 0 aromatic heterocycles. The molecule has 0 aliphatic rings. The Morgan fingerprint density at radius 1 is 1.17 bits per heavy atom. The highest BCUT2D eigenvalue weighted by Gasteiger charge is 2.06. The molecular formula is C14H28OP2Si. The van der Waals surface area contributed by atoms with Gasteiger partial charge in [0.2, 0.25) is 0 Å². The molecule has 0 radical (unpaired) electrons. The molecule has 18 heavy (non-hydrogen) atoms. The van der Waals surface area contributed by atoms with Gasteiger partial charge in [-0.2, -0.15) is 0 Å². The lowest BCUT2D eigenvalue weighted by molar-refractivity contribution is 0.544. The quantitative estimate of drug-likeness (QED) is 0.188. The first kappa shape index (κ1) is 18.2. The summed E-state index contributed by atoms with van der Waals surface area (Å²) in [5.74, 6) is 3.33. The van der Waals surface area contributed by atoms with Gasteiger partial charge in [-0.3, -0.25) is 0 Å². The molecule has 0 spiro atoms. The van der Waals surface area contributed by atoms with Crippen molar-refractivity contribution in [2.45, 2.75) is 58.2 Å². The van der Waals surface area contributed by atoms with Crippen molar-refractivity contribution in [3.8, 4) is 11.5 Å². The minimum Gasteiger partial charge on any atom is -0.478 e. The maximum Gasteiger partial charge on any atom is 0.129 e. The molecule has 0 saturated carbocycles. The monoisotopic (exact) mass is 302 g/mol. The van der Waals surface area contributed by atoms with Gasteiger partial charge >= 0.3 is 0 Å². The molecule has 104 valence electrons. The normalized spacial score (nSPS) is 13.2. The van der Waals surface area contributed by atoms with E-state index in [0.29, 0.717) is 0 Å². The number of rotatable bonds is 8. The van der Waals surface area contributed by atoms with Crippen LogP contribution in [0.3, 0.4) is 0 Å². The van der Waals surface area contributed by atoms with E-state index in [0.717, 1.165) is 12.8 Å². The largest absolute Gasteiger partial charge is 0.478 e. The van der Waals surface area contributed by atoms with Crippen LogP contribution < -0.4 is 0 Å². The Labute approximate surface area is 118 Å². The van der Waals surface area contributed by atoms with E-state index >= 15 is 0 Å². The molecular weight excluding hydrogens is 274 g/mol. The molecule has 4 heteroatoms. The van der Waals surface area contributed by atoms with Crippen molar-refractivity contribution in [1.29, 1.82) is 0 Å². The molecule has 0 aromatic carbocycles. The van der Waals surface area contributed by atoms with E-state index in [-0.39, 0.29) is 7.84 Å². The average molecular weight is 302 g/mol. The Morgan fingerprint density at radius 2 is 1.83 bits per heavy atom. The zero-order valence-corrected chi connectivity index (χ0v) is 15.4. The van der Waals surface area contributed by atoms with Crippen molar-refractivity contribution in [2.24, 2.45) is 0 Å². The third-order valence-corrected chi connectivity index (χ3v) is 3.96. The average Bonchev–Trinajstić information content (AvgIpc) is 2.24. The molecule has 2 unspecified atom stereocenters. The second-order valence-corrected chi connectivity index (χ2v) is 13.8. The Balaban J connectivity index is 3.31.